The molecule has 0 spiro atoms. The quantitative estimate of drug-likeness (QED) is 0.632. The van der Waals surface area contributed by atoms with Crippen molar-refractivity contribution in [3.63, 3.8) is 0 Å². The zero-order valence-corrected chi connectivity index (χ0v) is 12.4. The standard InChI is InChI=1S/C14H15N3O3S/c1-21-14(10-15)6-8-16(9-7-14)13(18)11-4-2-3-5-12(11)17(19)20/h2-5H,6-9H2,1H3. The third-order valence-electron chi connectivity index (χ3n) is 3.78. The third-order valence-corrected chi connectivity index (χ3v) is 5.06. The smallest absolute Gasteiger partial charge is 0.282 e. The zero-order chi connectivity index (χ0) is 15.5. The lowest BCUT2D eigenvalue weighted by Gasteiger charge is -2.36. The lowest BCUT2D eigenvalue weighted by atomic mass is 9.96. The first-order chi connectivity index (χ1) is 10.0. The van der Waals surface area contributed by atoms with E-state index in [1.807, 2.05) is 6.26 Å². The first-order valence-electron chi connectivity index (χ1n) is 6.52. The maximum Gasteiger partial charge on any atom is 0.282 e. The molecule has 1 aliphatic rings. The molecular weight excluding hydrogens is 290 g/mol. The Hall–Kier alpha value is -2.07. The number of nitro benzene ring substituents is 1. The number of carbonyl (C=O) groups is 1. The van der Waals surface area contributed by atoms with Crippen molar-refractivity contribution in [3.05, 3.63) is 39.9 Å². The third kappa shape index (κ3) is 3.00. The SMILES string of the molecule is CSC1(C#N)CCN(C(=O)c2ccccc2[N+](=O)[O-])CC1. The highest BCUT2D eigenvalue weighted by atomic mass is 32.2. The highest BCUT2D eigenvalue weighted by Crippen LogP contribution is 2.34. The van der Waals surface area contributed by atoms with E-state index in [1.165, 1.54) is 23.9 Å². The molecule has 1 saturated heterocycles. The number of amides is 1. The van der Waals surface area contributed by atoms with Gasteiger partial charge in [-0.2, -0.15) is 5.26 Å². The second kappa shape index (κ2) is 6.14. The Morgan fingerprint density at radius 3 is 2.57 bits per heavy atom. The molecule has 110 valence electrons. The molecule has 1 aromatic carbocycles. The zero-order valence-electron chi connectivity index (χ0n) is 11.6. The highest BCUT2D eigenvalue weighted by Gasteiger charge is 2.36. The summed E-state index contributed by atoms with van der Waals surface area (Å²) in [5, 5.41) is 20.2. The van der Waals surface area contributed by atoms with Crippen LogP contribution in [-0.4, -0.2) is 39.8 Å². The number of carbonyl (C=O) groups excluding carboxylic acids is 1. The van der Waals surface area contributed by atoms with Gasteiger partial charge in [-0.3, -0.25) is 14.9 Å². The summed E-state index contributed by atoms with van der Waals surface area (Å²) in [5.41, 5.74) is -0.0689. The van der Waals surface area contributed by atoms with Gasteiger partial charge in [-0.15, -0.1) is 11.8 Å². The van der Waals surface area contributed by atoms with E-state index < -0.39 is 9.67 Å². The predicted octanol–water partition coefficient (Wildman–Crippen LogP) is 2.46. The van der Waals surface area contributed by atoms with E-state index in [2.05, 4.69) is 6.07 Å². The summed E-state index contributed by atoms with van der Waals surface area (Å²) < 4.78 is -0.445. The molecule has 1 fully saturated rings. The first-order valence-corrected chi connectivity index (χ1v) is 7.74. The molecule has 0 aromatic heterocycles. The summed E-state index contributed by atoms with van der Waals surface area (Å²) in [7, 11) is 0. The molecule has 1 amide bonds. The van der Waals surface area contributed by atoms with Gasteiger partial charge < -0.3 is 4.90 Å². The molecule has 0 N–H and O–H groups in total. The maximum atomic E-state index is 12.4. The topological polar surface area (TPSA) is 87.2 Å². The van der Waals surface area contributed by atoms with Gasteiger partial charge in [-0.25, -0.2) is 0 Å². The van der Waals surface area contributed by atoms with E-state index in [4.69, 9.17) is 0 Å². The summed E-state index contributed by atoms with van der Waals surface area (Å²) in [6.45, 7) is 0.887. The van der Waals surface area contributed by atoms with Crippen molar-refractivity contribution in [1.82, 2.24) is 4.90 Å². The molecule has 1 heterocycles. The van der Waals surface area contributed by atoms with Gasteiger partial charge in [0.1, 0.15) is 10.3 Å². The number of benzene rings is 1. The van der Waals surface area contributed by atoms with Crippen LogP contribution in [0.2, 0.25) is 0 Å². The maximum absolute atomic E-state index is 12.4. The first kappa shape index (κ1) is 15.3. The minimum absolute atomic E-state index is 0.108. The van der Waals surface area contributed by atoms with E-state index in [-0.39, 0.29) is 17.2 Å². The van der Waals surface area contributed by atoms with Crippen LogP contribution in [0.25, 0.3) is 0 Å². The van der Waals surface area contributed by atoms with Crippen molar-refractivity contribution in [1.29, 1.82) is 5.26 Å². The predicted molar refractivity (Wildman–Crippen MR) is 80.1 cm³/mol. The molecular formula is C14H15N3O3S. The normalized spacial score (nSPS) is 17.0. The average Bonchev–Trinajstić information content (AvgIpc) is 2.54. The number of piperidine rings is 1. The van der Waals surface area contributed by atoms with Crippen molar-refractivity contribution in [2.45, 2.75) is 17.6 Å². The van der Waals surface area contributed by atoms with Crippen LogP contribution in [0.1, 0.15) is 23.2 Å². The van der Waals surface area contributed by atoms with Crippen LogP contribution in [0.15, 0.2) is 24.3 Å². The summed E-state index contributed by atoms with van der Waals surface area (Å²) in [4.78, 5) is 24.5. The van der Waals surface area contributed by atoms with Crippen LogP contribution >= 0.6 is 11.8 Å². The van der Waals surface area contributed by atoms with Gasteiger partial charge in [0, 0.05) is 19.2 Å². The molecule has 0 unspecified atom stereocenters. The van der Waals surface area contributed by atoms with Crippen LogP contribution in [0, 0.1) is 21.4 Å². The Morgan fingerprint density at radius 1 is 1.43 bits per heavy atom. The van der Waals surface area contributed by atoms with E-state index >= 15 is 0 Å². The summed E-state index contributed by atoms with van der Waals surface area (Å²) >= 11 is 1.50. The number of hydrogen-bond acceptors (Lipinski definition) is 5. The molecule has 7 heteroatoms. The van der Waals surface area contributed by atoms with E-state index in [0.29, 0.717) is 25.9 Å². The second-order valence-corrected chi connectivity index (χ2v) is 6.07. The van der Waals surface area contributed by atoms with Crippen molar-refractivity contribution < 1.29 is 9.72 Å². The van der Waals surface area contributed by atoms with Crippen molar-refractivity contribution in [2.24, 2.45) is 0 Å². The number of likely N-dealkylation sites (tertiary alicyclic amines) is 1. The Morgan fingerprint density at radius 2 is 2.05 bits per heavy atom. The van der Waals surface area contributed by atoms with Crippen LogP contribution in [0.4, 0.5) is 5.69 Å². The number of para-hydroxylation sites is 1. The molecule has 1 aromatic rings. The Balaban J connectivity index is 2.17. The summed E-state index contributed by atoms with van der Waals surface area (Å²) in [6.07, 6.45) is 3.05. The Bertz CT molecular complexity index is 604. The van der Waals surface area contributed by atoms with E-state index in [0.717, 1.165) is 0 Å². The molecule has 21 heavy (non-hydrogen) atoms. The number of hydrogen-bond donors (Lipinski definition) is 0. The molecule has 0 aliphatic carbocycles. The summed E-state index contributed by atoms with van der Waals surface area (Å²) in [6, 6.07) is 8.28. The summed E-state index contributed by atoms with van der Waals surface area (Å²) in [5.74, 6) is -0.338. The van der Waals surface area contributed by atoms with E-state index in [9.17, 15) is 20.2 Å². The fraction of sp³-hybridized carbons (Fsp3) is 0.429. The van der Waals surface area contributed by atoms with Gasteiger partial charge in [0.25, 0.3) is 11.6 Å². The number of nitriles is 1. The molecule has 2 rings (SSSR count). The minimum atomic E-state index is -0.543. The fourth-order valence-electron chi connectivity index (χ4n) is 2.42. The Kier molecular flexibility index (Phi) is 4.48. The number of nitrogens with zero attached hydrogens (tertiary/aromatic N) is 3. The number of nitro groups is 1. The monoisotopic (exact) mass is 305 g/mol. The average molecular weight is 305 g/mol. The second-order valence-electron chi connectivity index (χ2n) is 4.88. The molecule has 6 nitrogen and oxygen atoms in total. The fourth-order valence-corrected chi connectivity index (χ4v) is 3.10. The highest BCUT2D eigenvalue weighted by molar-refractivity contribution is 8.00. The molecule has 0 atom stereocenters. The lowest BCUT2D eigenvalue weighted by molar-refractivity contribution is -0.385. The largest absolute Gasteiger partial charge is 0.338 e. The van der Waals surface area contributed by atoms with Gasteiger partial charge in [-0.1, -0.05) is 12.1 Å². The lowest BCUT2D eigenvalue weighted by Crippen LogP contribution is -2.44. The minimum Gasteiger partial charge on any atom is -0.338 e. The van der Waals surface area contributed by atoms with Gasteiger partial charge in [0.15, 0.2) is 0 Å². The van der Waals surface area contributed by atoms with Gasteiger partial charge >= 0.3 is 0 Å². The van der Waals surface area contributed by atoms with Crippen molar-refractivity contribution >= 4 is 23.4 Å². The molecule has 0 radical (unpaired) electrons. The van der Waals surface area contributed by atoms with Crippen LogP contribution in [0.3, 0.4) is 0 Å². The van der Waals surface area contributed by atoms with Gasteiger partial charge in [0.05, 0.1) is 11.0 Å². The molecule has 0 saturated carbocycles. The van der Waals surface area contributed by atoms with Crippen LogP contribution in [0.5, 0.6) is 0 Å². The number of thioether (sulfide) groups is 1. The molecule has 0 bridgehead atoms. The van der Waals surface area contributed by atoms with Crippen LogP contribution in [-0.2, 0) is 0 Å². The number of rotatable bonds is 3. The van der Waals surface area contributed by atoms with Gasteiger partial charge in [-0.05, 0) is 25.2 Å². The van der Waals surface area contributed by atoms with Crippen molar-refractivity contribution in [3.8, 4) is 6.07 Å². The van der Waals surface area contributed by atoms with Crippen LogP contribution < -0.4 is 0 Å². The van der Waals surface area contributed by atoms with Gasteiger partial charge in [0.2, 0.25) is 0 Å². The molecule has 1 aliphatic heterocycles. The van der Waals surface area contributed by atoms with Crippen molar-refractivity contribution in [2.75, 3.05) is 19.3 Å². The Labute approximate surface area is 126 Å². The van der Waals surface area contributed by atoms with E-state index in [1.54, 1.807) is 17.0 Å².